The Morgan fingerprint density at radius 2 is 1.68 bits per heavy atom. The second-order valence-corrected chi connectivity index (χ2v) is 7.12. The number of hydrogen-bond acceptors (Lipinski definition) is 4. The summed E-state index contributed by atoms with van der Waals surface area (Å²) in [5.41, 5.74) is 0.917. The van der Waals surface area contributed by atoms with Gasteiger partial charge in [-0.15, -0.1) is 0 Å². The molecule has 0 spiro atoms. The van der Waals surface area contributed by atoms with Crippen molar-refractivity contribution in [1.82, 2.24) is 4.90 Å². The Morgan fingerprint density at radius 3 is 2.29 bits per heavy atom. The van der Waals surface area contributed by atoms with Gasteiger partial charge in [-0.2, -0.15) is 0 Å². The van der Waals surface area contributed by atoms with E-state index >= 15 is 0 Å². The molecule has 0 unspecified atom stereocenters. The lowest BCUT2D eigenvalue weighted by Gasteiger charge is -2.22. The second kappa shape index (κ2) is 12.0. The van der Waals surface area contributed by atoms with Gasteiger partial charge in [0.2, 0.25) is 5.91 Å². The Balaban J connectivity index is 1.89. The first-order valence-corrected chi connectivity index (χ1v) is 10.1. The lowest BCUT2D eigenvalue weighted by atomic mass is 10.1. The first-order valence-electron chi connectivity index (χ1n) is 10.1. The number of carbonyl (C=O) groups excluding carboxylic acids is 1. The van der Waals surface area contributed by atoms with Crippen molar-refractivity contribution < 1.29 is 14.1 Å². The molecule has 0 aliphatic carbocycles. The molecule has 28 heavy (non-hydrogen) atoms. The first-order chi connectivity index (χ1) is 13.6. The number of benzene rings is 1. The number of furan rings is 1. The molecule has 0 saturated carbocycles. The molecule has 1 amide bonds. The molecule has 6 nitrogen and oxygen atoms in total. The SMILES string of the molecule is CCCCCCCCCC(=O)N(Cc1ccc([N+](=O)[O-])cc1)Cc1ccco1. The van der Waals surface area contributed by atoms with Gasteiger partial charge in [0.1, 0.15) is 5.76 Å². The zero-order chi connectivity index (χ0) is 20.2. The van der Waals surface area contributed by atoms with Gasteiger partial charge in [-0.3, -0.25) is 14.9 Å². The molecule has 0 N–H and O–H groups in total. The second-order valence-electron chi connectivity index (χ2n) is 7.12. The molecule has 2 aromatic rings. The number of nitro benzene ring substituents is 1. The van der Waals surface area contributed by atoms with Crippen molar-refractivity contribution in [1.29, 1.82) is 0 Å². The average molecular weight is 386 g/mol. The minimum absolute atomic E-state index is 0.0516. The highest BCUT2D eigenvalue weighted by molar-refractivity contribution is 5.76. The van der Waals surface area contributed by atoms with Gasteiger partial charge in [0.15, 0.2) is 0 Å². The maximum atomic E-state index is 12.8. The molecular weight excluding hydrogens is 356 g/mol. The number of rotatable bonds is 13. The number of carbonyl (C=O) groups is 1. The highest BCUT2D eigenvalue weighted by Crippen LogP contribution is 2.17. The molecule has 0 saturated heterocycles. The van der Waals surface area contributed by atoms with Gasteiger partial charge in [-0.1, -0.05) is 57.6 Å². The monoisotopic (exact) mass is 386 g/mol. The number of nitrogens with zero attached hydrogens (tertiary/aromatic N) is 2. The van der Waals surface area contributed by atoms with Gasteiger partial charge in [0.25, 0.3) is 5.69 Å². The summed E-state index contributed by atoms with van der Waals surface area (Å²) < 4.78 is 5.40. The largest absolute Gasteiger partial charge is 0.467 e. The Hall–Kier alpha value is -2.63. The summed E-state index contributed by atoms with van der Waals surface area (Å²) in [7, 11) is 0. The van der Waals surface area contributed by atoms with Crippen LogP contribution in [0, 0.1) is 10.1 Å². The van der Waals surface area contributed by atoms with Gasteiger partial charge in [0.05, 0.1) is 17.7 Å². The van der Waals surface area contributed by atoms with Crippen molar-refractivity contribution >= 4 is 11.6 Å². The topological polar surface area (TPSA) is 76.6 Å². The van der Waals surface area contributed by atoms with Crippen LogP contribution < -0.4 is 0 Å². The van der Waals surface area contributed by atoms with E-state index < -0.39 is 4.92 Å². The summed E-state index contributed by atoms with van der Waals surface area (Å²) >= 11 is 0. The molecule has 0 aliphatic heterocycles. The van der Waals surface area contributed by atoms with Crippen molar-refractivity contribution in [2.45, 2.75) is 71.4 Å². The molecule has 0 fully saturated rings. The zero-order valence-electron chi connectivity index (χ0n) is 16.6. The van der Waals surface area contributed by atoms with Crippen LogP contribution in [0.5, 0.6) is 0 Å². The fourth-order valence-electron chi connectivity index (χ4n) is 3.16. The Bertz CT molecular complexity index is 711. The summed E-state index contributed by atoms with van der Waals surface area (Å²) in [5, 5.41) is 10.8. The number of nitro groups is 1. The highest BCUT2D eigenvalue weighted by Gasteiger charge is 2.16. The number of non-ortho nitro benzene ring substituents is 1. The van der Waals surface area contributed by atoms with Gasteiger partial charge in [-0.25, -0.2) is 0 Å². The predicted octanol–water partition coefficient (Wildman–Crippen LogP) is 5.86. The van der Waals surface area contributed by atoms with Gasteiger partial charge in [-0.05, 0) is 24.1 Å². The average Bonchev–Trinajstić information content (AvgIpc) is 3.20. The fourth-order valence-corrected chi connectivity index (χ4v) is 3.16. The Morgan fingerprint density at radius 1 is 1.00 bits per heavy atom. The van der Waals surface area contributed by atoms with E-state index in [1.807, 2.05) is 6.07 Å². The van der Waals surface area contributed by atoms with Crippen molar-refractivity contribution in [3.05, 3.63) is 64.1 Å². The molecule has 0 aliphatic rings. The number of amides is 1. The summed E-state index contributed by atoms with van der Waals surface area (Å²) in [6.45, 7) is 3.02. The molecule has 1 heterocycles. The summed E-state index contributed by atoms with van der Waals surface area (Å²) in [6.07, 6.45) is 10.3. The van der Waals surface area contributed by atoms with Crippen LogP contribution in [0.2, 0.25) is 0 Å². The van der Waals surface area contributed by atoms with E-state index in [-0.39, 0.29) is 11.6 Å². The minimum atomic E-state index is -0.421. The lowest BCUT2D eigenvalue weighted by molar-refractivity contribution is -0.384. The van der Waals surface area contributed by atoms with Crippen LogP contribution in [0.25, 0.3) is 0 Å². The van der Waals surface area contributed by atoms with E-state index in [0.717, 1.165) is 24.2 Å². The number of hydrogen-bond donors (Lipinski definition) is 0. The Kier molecular flexibility index (Phi) is 9.25. The van der Waals surface area contributed by atoms with Gasteiger partial charge >= 0.3 is 0 Å². The summed E-state index contributed by atoms with van der Waals surface area (Å²) in [6, 6.07) is 10.0. The smallest absolute Gasteiger partial charge is 0.269 e. The summed E-state index contributed by atoms with van der Waals surface area (Å²) in [4.78, 5) is 24.9. The lowest BCUT2D eigenvalue weighted by Crippen LogP contribution is -2.29. The molecule has 0 radical (unpaired) electrons. The Labute approximate surface area is 166 Å². The highest BCUT2D eigenvalue weighted by atomic mass is 16.6. The van der Waals surface area contributed by atoms with E-state index in [9.17, 15) is 14.9 Å². The molecule has 1 aromatic carbocycles. The maximum absolute atomic E-state index is 12.8. The first kappa shape index (κ1) is 21.7. The molecule has 1 aromatic heterocycles. The van der Waals surface area contributed by atoms with Crippen LogP contribution in [0.15, 0.2) is 47.1 Å². The molecule has 152 valence electrons. The molecule has 2 rings (SSSR count). The van der Waals surface area contributed by atoms with Crippen LogP contribution in [-0.2, 0) is 17.9 Å². The number of unbranched alkanes of at least 4 members (excludes halogenated alkanes) is 6. The van der Waals surface area contributed by atoms with Crippen molar-refractivity contribution in [3.8, 4) is 0 Å². The van der Waals surface area contributed by atoms with Crippen LogP contribution in [-0.4, -0.2) is 15.7 Å². The molecule has 0 atom stereocenters. The maximum Gasteiger partial charge on any atom is 0.269 e. The van der Waals surface area contributed by atoms with Crippen molar-refractivity contribution in [2.24, 2.45) is 0 Å². The van der Waals surface area contributed by atoms with Crippen LogP contribution in [0.3, 0.4) is 0 Å². The van der Waals surface area contributed by atoms with E-state index in [1.165, 1.54) is 44.2 Å². The third kappa shape index (κ3) is 7.55. The quantitative estimate of drug-likeness (QED) is 0.245. The van der Waals surface area contributed by atoms with Crippen LogP contribution in [0.4, 0.5) is 5.69 Å². The standard InChI is InChI=1S/C22H30N2O4/c1-2-3-4-5-6-7-8-11-22(25)23(18-21-10-9-16-28-21)17-19-12-14-20(15-13-19)24(26)27/h9-10,12-16H,2-8,11,17-18H2,1H3. The molecule has 0 bridgehead atoms. The molecular formula is C22H30N2O4. The van der Waals surface area contributed by atoms with Crippen LogP contribution in [0.1, 0.15) is 69.6 Å². The van der Waals surface area contributed by atoms with E-state index in [2.05, 4.69) is 6.92 Å². The van der Waals surface area contributed by atoms with Gasteiger partial charge < -0.3 is 9.32 Å². The predicted molar refractivity (Wildman–Crippen MR) is 109 cm³/mol. The van der Waals surface area contributed by atoms with Crippen molar-refractivity contribution in [3.63, 3.8) is 0 Å². The zero-order valence-corrected chi connectivity index (χ0v) is 16.6. The fraction of sp³-hybridized carbons (Fsp3) is 0.500. The van der Waals surface area contributed by atoms with E-state index in [1.54, 1.807) is 29.4 Å². The van der Waals surface area contributed by atoms with Crippen molar-refractivity contribution in [2.75, 3.05) is 0 Å². The third-order valence-electron chi connectivity index (χ3n) is 4.79. The van der Waals surface area contributed by atoms with Gasteiger partial charge in [0, 0.05) is 25.1 Å². The normalized spacial score (nSPS) is 10.8. The van der Waals surface area contributed by atoms with Crippen LogP contribution >= 0.6 is 0 Å². The van der Waals surface area contributed by atoms with E-state index in [0.29, 0.717) is 19.5 Å². The third-order valence-corrected chi connectivity index (χ3v) is 4.79. The van der Waals surface area contributed by atoms with E-state index in [4.69, 9.17) is 4.42 Å². The molecule has 6 heteroatoms. The summed E-state index contributed by atoms with van der Waals surface area (Å²) in [5.74, 6) is 0.818. The minimum Gasteiger partial charge on any atom is -0.467 e.